The van der Waals surface area contributed by atoms with Crippen LogP contribution in [0.25, 0.3) is 0 Å². The number of amides is 1. The molecule has 1 aliphatic rings. The minimum absolute atomic E-state index is 0.120. The van der Waals surface area contributed by atoms with Gasteiger partial charge in [0, 0.05) is 37.9 Å². The minimum Gasteiger partial charge on any atom is -0.369 e. The molecule has 1 saturated heterocycles. The van der Waals surface area contributed by atoms with Gasteiger partial charge < -0.3 is 10.2 Å². The van der Waals surface area contributed by atoms with Gasteiger partial charge in [0.05, 0.1) is 6.54 Å². The maximum atomic E-state index is 13.0. The first-order valence-electron chi connectivity index (χ1n) is 9.10. The van der Waals surface area contributed by atoms with Gasteiger partial charge in [0.15, 0.2) is 0 Å². The fraction of sp³-hybridized carbons (Fsp3) is 0.632. The van der Waals surface area contributed by atoms with Crippen LogP contribution in [0.3, 0.4) is 0 Å². The molecule has 4 nitrogen and oxygen atoms in total. The number of hydrogen-bond acceptors (Lipinski definition) is 3. The van der Waals surface area contributed by atoms with E-state index in [1.807, 2.05) is 12.1 Å². The maximum absolute atomic E-state index is 13.0. The van der Waals surface area contributed by atoms with Gasteiger partial charge in [-0.15, -0.1) is 0 Å². The molecule has 0 aliphatic carbocycles. The van der Waals surface area contributed by atoms with E-state index in [4.69, 9.17) is 0 Å². The third kappa shape index (κ3) is 6.11. The highest BCUT2D eigenvalue weighted by molar-refractivity contribution is 5.78. The highest BCUT2D eigenvalue weighted by atomic mass is 19.1. The number of carbonyl (C=O) groups is 1. The molecule has 0 radical (unpaired) electrons. The van der Waals surface area contributed by atoms with Crippen LogP contribution < -0.4 is 10.2 Å². The average Bonchev–Trinajstić information content (AvgIpc) is 2.56. The zero-order chi connectivity index (χ0) is 17.4. The predicted molar refractivity (Wildman–Crippen MR) is 96.8 cm³/mol. The molecule has 0 aromatic heterocycles. The van der Waals surface area contributed by atoms with Crippen LogP contribution in [0.4, 0.5) is 10.1 Å². The molecule has 1 heterocycles. The van der Waals surface area contributed by atoms with Crippen LogP contribution in [0.1, 0.15) is 39.5 Å². The van der Waals surface area contributed by atoms with E-state index in [0.717, 1.165) is 38.3 Å². The molecule has 1 aromatic rings. The normalized spacial score (nSPS) is 16.9. The minimum atomic E-state index is -0.206. The number of carbonyl (C=O) groups excluding carboxylic acids is 1. The van der Waals surface area contributed by atoms with Crippen molar-refractivity contribution in [3.63, 3.8) is 0 Å². The second kappa shape index (κ2) is 9.62. The molecule has 1 unspecified atom stereocenters. The summed E-state index contributed by atoms with van der Waals surface area (Å²) in [6.07, 6.45) is 4.66. The molecular formula is C19H30FN3O. The number of hydrogen-bond donors (Lipinski definition) is 1. The lowest BCUT2D eigenvalue weighted by molar-refractivity contribution is -0.123. The summed E-state index contributed by atoms with van der Waals surface area (Å²) < 4.78 is 13.0. The Morgan fingerprint density at radius 3 is 2.46 bits per heavy atom. The zero-order valence-corrected chi connectivity index (χ0v) is 14.9. The van der Waals surface area contributed by atoms with Crippen LogP contribution in [-0.2, 0) is 4.79 Å². The Kier molecular flexibility index (Phi) is 7.50. The fourth-order valence-corrected chi connectivity index (χ4v) is 3.11. The summed E-state index contributed by atoms with van der Waals surface area (Å²) in [5.74, 6) is -0.0867. The molecule has 0 spiro atoms. The topological polar surface area (TPSA) is 35.6 Å². The number of rotatable bonds is 8. The average molecular weight is 335 g/mol. The molecule has 1 aliphatic heterocycles. The van der Waals surface area contributed by atoms with E-state index < -0.39 is 0 Å². The van der Waals surface area contributed by atoms with Crippen molar-refractivity contribution in [2.75, 3.05) is 37.6 Å². The molecule has 1 amide bonds. The summed E-state index contributed by atoms with van der Waals surface area (Å²) in [5.41, 5.74) is 1.05. The molecule has 0 bridgehead atoms. The molecule has 24 heavy (non-hydrogen) atoms. The lowest BCUT2D eigenvalue weighted by atomic mass is 10.1. The molecule has 1 atom stereocenters. The Morgan fingerprint density at radius 2 is 1.83 bits per heavy atom. The van der Waals surface area contributed by atoms with Gasteiger partial charge in [-0.2, -0.15) is 0 Å². The standard InChI is InChI=1S/C19H30FN3O/c1-3-4-5-6-16(2)21-19(24)15-22-11-13-23(14-12-22)18-9-7-17(20)8-10-18/h7-10,16H,3-6,11-15H2,1-2H3,(H,21,24). The van der Waals surface area contributed by atoms with E-state index in [2.05, 4.69) is 29.0 Å². The van der Waals surface area contributed by atoms with Crippen molar-refractivity contribution in [2.24, 2.45) is 0 Å². The number of unbranched alkanes of at least 4 members (excludes halogenated alkanes) is 2. The monoisotopic (exact) mass is 335 g/mol. The second-order valence-corrected chi connectivity index (χ2v) is 6.70. The van der Waals surface area contributed by atoms with Gasteiger partial charge in [0.1, 0.15) is 5.82 Å². The molecule has 1 aromatic carbocycles. The van der Waals surface area contributed by atoms with E-state index in [1.165, 1.54) is 31.4 Å². The lowest BCUT2D eigenvalue weighted by Gasteiger charge is -2.35. The quantitative estimate of drug-likeness (QED) is 0.742. The van der Waals surface area contributed by atoms with Crippen LogP contribution in [0, 0.1) is 5.82 Å². The number of nitrogens with one attached hydrogen (secondary N) is 1. The van der Waals surface area contributed by atoms with Gasteiger partial charge in [0.25, 0.3) is 0 Å². The number of nitrogens with zero attached hydrogens (tertiary/aromatic N) is 2. The molecule has 1 N–H and O–H groups in total. The Labute approximate surface area is 145 Å². The lowest BCUT2D eigenvalue weighted by Crippen LogP contribution is -2.50. The van der Waals surface area contributed by atoms with Crippen molar-refractivity contribution < 1.29 is 9.18 Å². The van der Waals surface area contributed by atoms with Crippen LogP contribution in [-0.4, -0.2) is 49.6 Å². The largest absolute Gasteiger partial charge is 0.369 e. The van der Waals surface area contributed by atoms with Crippen LogP contribution in [0.15, 0.2) is 24.3 Å². The van der Waals surface area contributed by atoms with E-state index in [1.54, 1.807) is 0 Å². The van der Waals surface area contributed by atoms with Gasteiger partial charge in [-0.3, -0.25) is 9.69 Å². The third-order valence-electron chi connectivity index (χ3n) is 4.58. The van der Waals surface area contributed by atoms with Crippen molar-refractivity contribution in [1.29, 1.82) is 0 Å². The number of anilines is 1. The smallest absolute Gasteiger partial charge is 0.234 e. The summed E-state index contributed by atoms with van der Waals surface area (Å²) in [7, 11) is 0. The highest BCUT2D eigenvalue weighted by Crippen LogP contribution is 2.16. The van der Waals surface area contributed by atoms with E-state index in [9.17, 15) is 9.18 Å². The van der Waals surface area contributed by atoms with Crippen LogP contribution in [0.2, 0.25) is 0 Å². The fourth-order valence-electron chi connectivity index (χ4n) is 3.11. The number of piperazine rings is 1. The summed E-state index contributed by atoms with van der Waals surface area (Å²) in [4.78, 5) is 16.6. The first-order valence-corrected chi connectivity index (χ1v) is 9.10. The van der Waals surface area contributed by atoms with Crippen molar-refractivity contribution in [1.82, 2.24) is 10.2 Å². The zero-order valence-electron chi connectivity index (χ0n) is 14.9. The Balaban J connectivity index is 1.68. The van der Waals surface area contributed by atoms with Crippen LogP contribution in [0.5, 0.6) is 0 Å². The molecule has 5 heteroatoms. The van der Waals surface area contributed by atoms with Gasteiger partial charge in [-0.05, 0) is 37.6 Å². The van der Waals surface area contributed by atoms with Gasteiger partial charge in [-0.25, -0.2) is 4.39 Å². The molecule has 134 valence electrons. The molecule has 2 rings (SSSR count). The predicted octanol–water partition coefficient (Wildman–Crippen LogP) is 3.03. The third-order valence-corrected chi connectivity index (χ3v) is 4.58. The summed E-state index contributed by atoms with van der Waals surface area (Å²) >= 11 is 0. The second-order valence-electron chi connectivity index (χ2n) is 6.70. The molecular weight excluding hydrogens is 305 g/mol. The summed E-state index contributed by atoms with van der Waals surface area (Å²) in [6.45, 7) is 8.18. The first kappa shape index (κ1) is 18.7. The summed E-state index contributed by atoms with van der Waals surface area (Å²) in [6, 6.07) is 6.87. The van der Waals surface area contributed by atoms with Crippen LogP contribution >= 0.6 is 0 Å². The Bertz CT molecular complexity index is 498. The highest BCUT2D eigenvalue weighted by Gasteiger charge is 2.19. The maximum Gasteiger partial charge on any atom is 0.234 e. The summed E-state index contributed by atoms with van der Waals surface area (Å²) in [5, 5.41) is 3.10. The van der Waals surface area contributed by atoms with Crippen molar-refractivity contribution in [2.45, 2.75) is 45.6 Å². The Morgan fingerprint density at radius 1 is 1.17 bits per heavy atom. The SMILES string of the molecule is CCCCCC(C)NC(=O)CN1CCN(c2ccc(F)cc2)CC1. The van der Waals surface area contributed by atoms with Crippen molar-refractivity contribution in [3.05, 3.63) is 30.1 Å². The molecule has 1 fully saturated rings. The van der Waals surface area contributed by atoms with E-state index >= 15 is 0 Å². The van der Waals surface area contributed by atoms with Crippen molar-refractivity contribution in [3.8, 4) is 0 Å². The van der Waals surface area contributed by atoms with Gasteiger partial charge >= 0.3 is 0 Å². The van der Waals surface area contributed by atoms with Gasteiger partial charge in [0.2, 0.25) is 5.91 Å². The number of halogens is 1. The molecule has 0 saturated carbocycles. The van der Waals surface area contributed by atoms with E-state index in [0.29, 0.717) is 6.54 Å². The van der Waals surface area contributed by atoms with Gasteiger partial charge in [-0.1, -0.05) is 26.2 Å². The number of benzene rings is 1. The Hall–Kier alpha value is -1.62. The van der Waals surface area contributed by atoms with E-state index in [-0.39, 0.29) is 17.8 Å². The first-order chi connectivity index (χ1) is 11.6. The van der Waals surface area contributed by atoms with Crippen molar-refractivity contribution >= 4 is 11.6 Å².